The summed E-state index contributed by atoms with van der Waals surface area (Å²) in [6.45, 7) is 9.13. The van der Waals surface area contributed by atoms with Crippen LogP contribution in [0, 0.1) is 18.3 Å². The smallest absolute Gasteiger partial charge is 0.216 e. The van der Waals surface area contributed by atoms with Crippen LogP contribution in [0.3, 0.4) is 0 Å². The van der Waals surface area contributed by atoms with E-state index in [4.69, 9.17) is 4.42 Å². The molecule has 3 nitrogen and oxygen atoms in total. The SMILES string of the molecule is Cc1cc(C#N)c2c(oc3cccc(-c4ccc([Si](C)(C)C)cc4)c32)c1-c1cccc[n+]1C. The first-order valence-electron chi connectivity index (χ1n) is 11.2. The Labute approximate surface area is 195 Å². The van der Waals surface area contributed by atoms with Crippen molar-refractivity contribution in [1.29, 1.82) is 5.26 Å². The first kappa shape index (κ1) is 21.2. The summed E-state index contributed by atoms with van der Waals surface area (Å²) >= 11 is 0. The van der Waals surface area contributed by atoms with E-state index in [1.165, 1.54) is 5.19 Å². The maximum atomic E-state index is 10.0. The fourth-order valence-corrected chi connectivity index (χ4v) is 5.87. The average Bonchev–Trinajstić information content (AvgIpc) is 3.18. The number of nitriles is 1. The highest BCUT2D eigenvalue weighted by Gasteiger charge is 2.24. The first-order valence-corrected chi connectivity index (χ1v) is 14.7. The lowest BCUT2D eigenvalue weighted by atomic mass is 9.93. The number of pyridine rings is 1. The quantitative estimate of drug-likeness (QED) is 0.235. The molecule has 0 amide bonds. The number of furan rings is 1. The summed E-state index contributed by atoms with van der Waals surface area (Å²) in [6.07, 6.45) is 2.03. The number of fused-ring (bicyclic) bond motifs is 3. The van der Waals surface area contributed by atoms with Gasteiger partial charge in [0.1, 0.15) is 12.6 Å². The lowest BCUT2D eigenvalue weighted by Gasteiger charge is -2.17. The lowest BCUT2D eigenvalue weighted by Crippen LogP contribution is -2.37. The van der Waals surface area contributed by atoms with Gasteiger partial charge in [0.05, 0.1) is 25.3 Å². The molecule has 0 bridgehead atoms. The van der Waals surface area contributed by atoms with Crippen molar-refractivity contribution in [3.8, 4) is 28.5 Å². The highest BCUT2D eigenvalue weighted by Crippen LogP contribution is 2.42. The molecule has 0 saturated carbocycles. The van der Waals surface area contributed by atoms with Crippen molar-refractivity contribution in [3.05, 3.63) is 84.1 Å². The molecule has 0 spiro atoms. The minimum atomic E-state index is -1.38. The van der Waals surface area contributed by atoms with Gasteiger partial charge in [-0.2, -0.15) is 5.26 Å². The molecule has 162 valence electrons. The van der Waals surface area contributed by atoms with E-state index in [1.807, 2.05) is 50.5 Å². The van der Waals surface area contributed by atoms with E-state index in [0.29, 0.717) is 5.56 Å². The monoisotopic (exact) mass is 447 g/mol. The van der Waals surface area contributed by atoms with Crippen LogP contribution < -0.4 is 9.75 Å². The zero-order chi connectivity index (χ0) is 23.3. The Kier molecular flexibility index (Phi) is 4.95. The fraction of sp³-hybridized carbons (Fsp3) is 0.172. The molecule has 5 aromatic rings. The minimum absolute atomic E-state index is 0.648. The molecule has 0 aliphatic carbocycles. The molecule has 0 fully saturated rings. The van der Waals surface area contributed by atoms with Crippen LogP contribution in [0.4, 0.5) is 0 Å². The van der Waals surface area contributed by atoms with Crippen LogP contribution in [-0.4, -0.2) is 8.07 Å². The van der Waals surface area contributed by atoms with Gasteiger partial charge in [-0.25, -0.2) is 4.57 Å². The van der Waals surface area contributed by atoms with Crippen LogP contribution in [0.25, 0.3) is 44.3 Å². The Morgan fingerprint density at radius 2 is 1.67 bits per heavy atom. The third-order valence-electron chi connectivity index (χ3n) is 6.46. The number of benzene rings is 3. The molecule has 3 aromatic carbocycles. The van der Waals surface area contributed by atoms with Crippen LogP contribution >= 0.6 is 0 Å². The van der Waals surface area contributed by atoms with Gasteiger partial charge in [0.2, 0.25) is 5.69 Å². The number of hydrogen-bond acceptors (Lipinski definition) is 2. The van der Waals surface area contributed by atoms with Crippen molar-refractivity contribution in [1.82, 2.24) is 0 Å². The fourth-order valence-electron chi connectivity index (χ4n) is 4.70. The molecule has 0 atom stereocenters. The maximum absolute atomic E-state index is 10.0. The number of nitrogens with zero attached hydrogens (tertiary/aromatic N) is 2. The van der Waals surface area contributed by atoms with Crippen molar-refractivity contribution in [3.63, 3.8) is 0 Å². The Bertz CT molecular complexity index is 1560. The largest absolute Gasteiger partial charge is 0.455 e. The zero-order valence-electron chi connectivity index (χ0n) is 19.7. The van der Waals surface area contributed by atoms with Crippen LogP contribution in [0.2, 0.25) is 19.6 Å². The van der Waals surface area contributed by atoms with Crippen molar-refractivity contribution in [2.24, 2.45) is 7.05 Å². The predicted octanol–water partition coefficient (Wildman–Crippen LogP) is 6.47. The third kappa shape index (κ3) is 3.46. The van der Waals surface area contributed by atoms with E-state index in [2.05, 4.69) is 66.7 Å². The van der Waals surface area contributed by atoms with Crippen LogP contribution in [0.1, 0.15) is 11.1 Å². The second-order valence-electron chi connectivity index (χ2n) is 9.74. The summed E-state index contributed by atoms with van der Waals surface area (Å²) < 4.78 is 8.59. The van der Waals surface area contributed by atoms with Gasteiger partial charge >= 0.3 is 0 Å². The van der Waals surface area contributed by atoms with E-state index in [-0.39, 0.29) is 0 Å². The number of hydrogen-bond donors (Lipinski definition) is 0. The van der Waals surface area contributed by atoms with E-state index < -0.39 is 8.07 Å². The molecule has 0 radical (unpaired) electrons. The minimum Gasteiger partial charge on any atom is -0.455 e. The topological polar surface area (TPSA) is 40.8 Å². The third-order valence-corrected chi connectivity index (χ3v) is 8.53. The summed E-state index contributed by atoms with van der Waals surface area (Å²) in [4.78, 5) is 0. The summed E-state index contributed by atoms with van der Waals surface area (Å²) in [5, 5.41) is 13.4. The molecule has 0 aliphatic rings. The Morgan fingerprint density at radius 1 is 0.909 bits per heavy atom. The van der Waals surface area contributed by atoms with Gasteiger partial charge in [-0.05, 0) is 41.8 Å². The Balaban J connectivity index is 1.86. The second-order valence-corrected chi connectivity index (χ2v) is 14.8. The van der Waals surface area contributed by atoms with Crippen molar-refractivity contribution < 1.29 is 8.98 Å². The highest BCUT2D eigenvalue weighted by molar-refractivity contribution is 6.88. The maximum Gasteiger partial charge on any atom is 0.216 e. The van der Waals surface area contributed by atoms with E-state index in [9.17, 15) is 5.26 Å². The molecular formula is C29H27N2OSi+. The molecule has 0 saturated heterocycles. The summed E-state index contributed by atoms with van der Waals surface area (Å²) in [5.41, 5.74) is 7.58. The number of rotatable bonds is 3. The zero-order valence-corrected chi connectivity index (χ0v) is 20.7. The molecule has 2 aromatic heterocycles. The summed E-state index contributed by atoms with van der Waals surface area (Å²) in [6, 6.07) is 25.7. The van der Waals surface area contributed by atoms with Gasteiger partial charge in [0.15, 0.2) is 11.8 Å². The van der Waals surface area contributed by atoms with Gasteiger partial charge in [-0.15, -0.1) is 0 Å². The summed E-state index contributed by atoms with van der Waals surface area (Å²) in [7, 11) is 0.658. The lowest BCUT2D eigenvalue weighted by molar-refractivity contribution is -0.660. The van der Waals surface area contributed by atoms with Crippen LogP contribution in [-0.2, 0) is 7.05 Å². The summed E-state index contributed by atoms with van der Waals surface area (Å²) in [5.74, 6) is 0. The molecule has 5 rings (SSSR count). The van der Waals surface area contributed by atoms with E-state index in [0.717, 1.165) is 49.9 Å². The number of aryl methyl sites for hydroxylation is 2. The van der Waals surface area contributed by atoms with Gasteiger partial charge in [0, 0.05) is 22.9 Å². The van der Waals surface area contributed by atoms with Crippen LogP contribution in [0.5, 0.6) is 0 Å². The van der Waals surface area contributed by atoms with Gasteiger partial charge in [0.25, 0.3) is 0 Å². The molecule has 0 aliphatic heterocycles. The molecule has 4 heteroatoms. The first-order chi connectivity index (χ1) is 15.8. The average molecular weight is 448 g/mol. The molecule has 0 N–H and O–H groups in total. The van der Waals surface area contributed by atoms with Crippen LogP contribution in [0.15, 0.2) is 77.3 Å². The molecule has 0 unspecified atom stereocenters. The van der Waals surface area contributed by atoms with Crippen molar-refractivity contribution in [2.75, 3.05) is 0 Å². The van der Waals surface area contributed by atoms with E-state index >= 15 is 0 Å². The van der Waals surface area contributed by atoms with Gasteiger partial charge in [-0.1, -0.05) is 61.2 Å². The van der Waals surface area contributed by atoms with Crippen molar-refractivity contribution >= 4 is 35.2 Å². The second kappa shape index (κ2) is 7.72. The molecule has 2 heterocycles. The molecule has 33 heavy (non-hydrogen) atoms. The predicted molar refractivity (Wildman–Crippen MR) is 138 cm³/mol. The van der Waals surface area contributed by atoms with Crippen molar-refractivity contribution in [2.45, 2.75) is 26.6 Å². The Hall–Kier alpha value is -3.68. The molecular weight excluding hydrogens is 420 g/mol. The standard InChI is InChI=1S/C29H27N2OSi/c1-19-17-21(18-30)27-28-23(20-12-14-22(15-13-20)33(3,4)5)9-8-11-25(28)32-29(27)26(19)24-10-6-7-16-31(24)2/h6-17H,1-5H3/q+1. The highest BCUT2D eigenvalue weighted by atomic mass is 28.3. The Morgan fingerprint density at radius 3 is 2.33 bits per heavy atom. The normalized spacial score (nSPS) is 11.8. The van der Waals surface area contributed by atoms with E-state index in [1.54, 1.807) is 0 Å². The van der Waals surface area contributed by atoms with Gasteiger partial charge in [-0.3, -0.25) is 0 Å². The van der Waals surface area contributed by atoms with Gasteiger partial charge < -0.3 is 4.42 Å². The number of aromatic nitrogens is 1.